The summed E-state index contributed by atoms with van der Waals surface area (Å²) in [7, 11) is 0. The van der Waals surface area contributed by atoms with E-state index in [0.29, 0.717) is 0 Å². The maximum atomic E-state index is 5.31. The third kappa shape index (κ3) is 4.24. The Bertz CT molecular complexity index is 3130. The van der Waals surface area contributed by atoms with Gasteiger partial charge in [0.15, 0.2) is 0 Å². The fraction of sp³-hybridized carbons (Fsp3) is 0.0556. The Morgan fingerprint density at radius 3 is 2.11 bits per heavy atom. The average molecular weight is 713 g/mol. The van der Waals surface area contributed by atoms with Crippen molar-refractivity contribution in [2.24, 2.45) is 0 Å². The van der Waals surface area contributed by atoms with Crippen molar-refractivity contribution in [3.63, 3.8) is 0 Å². The highest BCUT2D eigenvalue weighted by Crippen LogP contribution is 2.65. The standard InChI is InChI=1S/C54H36N2/c1-2-7-24-44-41(21-6-1)42-22-8-10-25-45(42)54(44)46-26-11-9-23-43(46)52-47(54)27-14-28-48(52)56(40-20-13-18-38(33-40)35-15-4-3-5-16-35)49-32-31-37-30-29-36-17-12-19-39-34-55-53(49)51(37)50(36)39/h2-5,7-34H,1,6H2. The van der Waals surface area contributed by atoms with Gasteiger partial charge in [0.05, 0.1) is 22.3 Å². The lowest BCUT2D eigenvalue weighted by Crippen LogP contribution is -2.26. The summed E-state index contributed by atoms with van der Waals surface area (Å²) < 4.78 is 0. The molecule has 3 aliphatic rings. The SMILES string of the molecule is C1=CCCC=C2C(=C1)C1(c3ccccc32)c2ccccc2-c2c(N(c3cccc(-c4ccccc4)c3)c3ccc4ccc5cccc6cnc3c4c56)cccc21. The van der Waals surface area contributed by atoms with Gasteiger partial charge in [-0.15, -0.1) is 0 Å². The number of allylic oxidation sites excluding steroid dienone is 6. The van der Waals surface area contributed by atoms with E-state index >= 15 is 0 Å². The van der Waals surface area contributed by atoms with Crippen LogP contribution in [0.2, 0.25) is 0 Å². The van der Waals surface area contributed by atoms with Gasteiger partial charge in [0.1, 0.15) is 0 Å². The van der Waals surface area contributed by atoms with Gasteiger partial charge in [-0.05, 0) is 98.0 Å². The molecule has 1 aromatic heterocycles. The summed E-state index contributed by atoms with van der Waals surface area (Å²) in [5.74, 6) is 0. The molecule has 3 aliphatic carbocycles. The minimum atomic E-state index is -0.454. The summed E-state index contributed by atoms with van der Waals surface area (Å²) >= 11 is 0. The van der Waals surface area contributed by atoms with Crippen molar-refractivity contribution >= 4 is 55.1 Å². The van der Waals surface area contributed by atoms with Gasteiger partial charge < -0.3 is 4.90 Å². The fourth-order valence-corrected chi connectivity index (χ4v) is 10.2. The first-order chi connectivity index (χ1) is 27.8. The number of aromatic nitrogens is 1. The van der Waals surface area contributed by atoms with E-state index in [2.05, 4.69) is 199 Å². The van der Waals surface area contributed by atoms with Gasteiger partial charge in [-0.3, -0.25) is 4.98 Å². The van der Waals surface area contributed by atoms with E-state index in [1.165, 1.54) is 77.2 Å². The Hall–Kier alpha value is -7.03. The monoisotopic (exact) mass is 712 g/mol. The third-order valence-electron chi connectivity index (χ3n) is 12.5. The van der Waals surface area contributed by atoms with Crippen LogP contribution in [-0.4, -0.2) is 4.98 Å². The number of anilines is 3. The summed E-state index contributed by atoms with van der Waals surface area (Å²) in [5.41, 5.74) is 16.8. The lowest BCUT2D eigenvalue weighted by atomic mass is 9.70. The van der Waals surface area contributed by atoms with Crippen molar-refractivity contribution < 1.29 is 0 Å². The Labute approximate surface area is 326 Å². The minimum Gasteiger partial charge on any atom is -0.308 e. The second-order valence-corrected chi connectivity index (χ2v) is 15.3. The lowest BCUT2D eigenvalue weighted by molar-refractivity contribution is 0.793. The van der Waals surface area contributed by atoms with Crippen molar-refractivity contribution in [1.29, 1.82) is 0 Å². The van der Waals surface area contributed by atoms with Crippen LogP contribution in [0.15, 0.2) is 200 Å². The van der Waals surface area contributed by atoms with Crippen LogP contribution in [-0.2, 0) is 5.41 Å². The number of nitrogens with zero attached hydrogens (tertiary/aromatic N) is 2. The molecule has 2 heteroatoms. The van der Waals surface area contributed by atoms with E-state index in [9.17, 15) is 0 Å². The zero-order chi connectivity index (χ0) is 36.8. The highest BCUT2D eigenvalue weighted by molar-refractivity contribution is 6.24. The molecule has 1 unspecified atom stereocenters. The molecule has 0 radical (unpaired) electrons. The molecule has 0 saturated carbocycles. The maximum absolute atomic E-state index is 5.31. The largest absolute Gasteiger partial charge is 0.308 e. The summed E-state index contributed by atoms with van der Waals surface area (Å²) in [4.78, 5) is 7.80. The van der Waals surface area contributed by atoms with E-state index in [4.69, 9.17) is 4.98 Å². The minimum absolute atomic E-state index is 0.454. The van der Waals surface area contributed by atoms with Gasteiger partial charge in [-0.1, -0.05) is 164 Å². The van der Waals surface area contributed by atoms with E-state index in [-0.39, 0.29) is 0 Å². The number of benzene rings is 8. The van der Waals surface area contributed by atoms with Crippen molar-refractivity contribution in [3.8, 4) is 22.3 Å². The molecule has 1 heterocycles. The van der Waals surface area contributed by atoms with Crippen molar-refractivity contribution in [2.45, 2.75) is 18.3 Å². The van der Waals surface area contributed by atoms with E-state index in [1.807, 2.05) is 0 Å². The van der Waals surface area contributed by atoms with Gasteiger partial charge in [-0.2, -0.15) is 0 Å². The Balaban J connectivity index is 1.20. The molecule has 1 spiro atoms. The normalized spacial score (nSPS) is 16.6. The predicted octanol–water partition coefficient (Wildman–Crippen LogP) is 14.1. The van der Waals surface area contributed by atoms with Crippen molar-refractivity contribution in [2.75, 3.05) is 4.90 Å². The molecule has 0 fully saturated rings. The van der Waals surface area contributed by atoms with Gasteiger partial charge in [0.25, 0.3) is 0 Å². The Kier molecular flexibility index (Phi) is 6.71. The molecule has 12 rings (SSSR count). The Morgan fingerprint density at radius 2 is 1.21 bits per heavy atom. The van der Waals surface area contributed by atoms with E-state index in [0.717, 1.165) is 40.8 Å². The van der Waals surface area contributed by atoms with Crippen LogP contribution in [0.4, 0.5) is 17.1 Å². The first kappa shape index (κ1) is 31.3. The van der Waals surface area contributed by atoms with E-state index < -0.39 is 5.41 Å². The number of pyridine rings is 1. The van der Waals surface area contributed by atoms with Crippen LogP contribution >= 0.6 is 0 Å². The quantitative estimate of drug-likeness (QED) is 0.169. The molecule has 0 bridgehead atoms. The second kappa shape index (κ2) is 12.0. The van der Waals surface area contributed by atoms with Crippen LogP contribution < -0.4 is 4.90 Å². The summed E-state index contributed by atoms with van der Waals surface area (Å²) in [5, 5.41) is 6.07. The second-order valence-electron chi connectivity index (χ2n) is 15.3. The number of hydrogen-bond acceptors (Lipinski definition) is 2. The summed E-state index contributed by atoms with van der Waals surface area (Å²) in [6, 6.07) is 60.6. The summed E-state index contributed by atoms with van der Waals surface area (Å²) in [6.07, 6.45) is 13.6. The zero-order valence-electron chi connectivity index (χ0n) is 30.8. The Morgan fingerprint density at radius 1 is 0.518 bits per heavy atom. The van der Waals surface area contributed by atoms with Crippen molar-refractivity contribution in [1.82, 2.24) is 4.98 Å². The number of rotatable bonds is 4. The van der Waals surface area contributed by atoms with Gasteiger partial charge >= 0.3 is 0 Å². The number of fused-ring (bicyclic) bond motifs is 10. The molecule has 0 amide bonds. The smallest absolute Gasteiger partial charge is 0.0955 e. The molecular weight excluding hydrogens is 677 g/mol. The first-order valence-electron chi connectivity index (χ1n) is 19.7. The molecule has 0 N–H and O–H groups in total. The van der Waals surface area contributed by atoms with Crippen molar-refractivity contribution in [3.05, 3.63) is 222 Å². The first-order valence-corrected chi connectivity index (χ1v) is 19.7. The highest BCUT2D eigenvalue weighted by Gasteiger charge is 2.54. The third-order valence-corrected chi connectivity index (χ3v) is 12.5. The molecule has 1 atom stereocenters. The predicted molar refractivity (Wildman–Crippen MR) is 234 cm³/mol. The van der Waals surface area contributed by atoms with Crippen LogP contribution in [0.5, 0.6) is 0 Å². The molecule has 0 saturated heterocycles. The van der Waals surface area contributed by atoms with Crippen LogP contribution in [0.25, 0.3) is 60.3 Å². The molecular formula is C54H36N2. The average Bonchev–Trinajstić information content (AvgIpc) is 3.70. The zero-order valence-corrected chi connectivity index (χ0v) is 30.8. The molecule has 8 aromatic carbocycles. The molecule has 262 valence electrons. The molecule has 9 aromatic rings. The molecule has 56 heavy (non-hydrogen) atoms. The topological polar surface area (TPSA) is 16.1 Å². The molecule has 2 nitrogen and oxygen atoms in total. The lowest BCUT2D eigenvalue weighted by Gasteiger charge is -2.32. The van der Waals surface area contributed by atoms with Gasteiger partial charge in [-0.25, -0.2) is 0 Å². The highest BCUT2D eigenvalue weighted by atomic mass is 15.2. The molecule has 0 aliphatic heterocycles. The van der Waals surface area contributed by atoms with Crippen LogP contribution in [0, 0.1) is 0 Å². The van der Waals surface area contributed by atoms with Gasteiger partial charge in [0, 0.05) is 33.6 Å². The number of hydrogen-bond donors (Lipinski definition) is 0. The maximum Gasteiger partial charge on any atom is 0.0955 e. The van der Waals surface area contributed by atoms with Crippen LogP contribution in [0.3, 0.4) is 0 Å². The summed E-state index contributed by atoms with van der Waals surface area (Å²) in [6.45, 7) is 0. The fourth-order valence-electron chi connectivity index (χ4n) is 10.2. The van der Waals surface area contributed by atoms with Gasteiger partial charge in [0.2, 0.25) is 0 Å². The van der Waals surface area contributed by atoms with E-state index in [1.54, 1.807) is 0 Å². The van der Waals surface area contributed by atoms with Crippen LogP contribution in [0.1, 0.15) is 35.1 Å².